The number of thioether (sulfide) groups is 1. The van der Waals surface area contributed by atoms with Crippen LogP contribution in [0.15, 0.2) is 12.4 Å². The molecular weight excluding hydrogens is 232 g/mol. The second-order valence-corrected chi connectivity index (χ2v) is 6.74. The molecule has 94 valence electrons. The van der Waals surface area contributed by atoms with Crippen molar-refractivity contribution in [2.45, 2.75) is 31.6 Å². The quantitative estimate of drug-likeness (QED) is 0.867. The first-order chi connectivity index (χ1) is 8.11. The third-order valence-corrected chi connectivity index (χ3v) is 4.42. The van der Waals surface area contributed by atoms with E-state index in [1.165, 1.54) is 6.42 Å². The molecule has 0 saturated carbocycles. The number of nitrogens with zero attached hydrogens (tertiary/aromatic N) is 3. The molecule has 17 heavy (non-hydrogen) atoms. The molecule has 0 aromatic carbocycles. The van der Waals surface area contributed by atoms with Crippen LogP contribution >= 0.6 is 11.8 Å². The van der Waals surface area contributed by atoms with Gasteiger partial charge in [-0.2, -0.15) is 11.8 Å². The van der Waals surface area contributed by atoms with Crippen LogP contribution in [0.2, 0.25) is 0 Å². The average molecular weight is 252 g/mol. The summed E-state index contributed by atoms with van der Waals surface area (Å²) in [5.41, 5.74) is 6.53. The zero-order valence-electron chi connectivity index (χ0n) is 10.5. The molecule has 0 aliphatic carbocycles. The van der Waals surface area contributed by atoms with Gasteiger partial charge in [-0.1, -0.05) is 13.8 Å². The lowest BCUT2D eigenvalue weighted by atomic mass is 10.1. The summed E-state index contributed by atoms with van der Waals surface area (Å²) in [6.07, 6.45) is 4.82. The number of hydrogen-bond acceptors (Lipinski definition) is 5. The van der Waals surface area contributed by atoms with E-state index in [2.05, 4.69) is 28.7 Å². The summed E-state index contributed by atoms with van der Waals surface area (Å²) in [5, 5.41) is 0. The van der Waals surface area contributed by atoms with Crippen LogP contribution in [-0.2, 0) is 6.54 Å². The summed E-state index contributed by atoms with van der Waals surface area (Å²) in [6, 6.07) is 0. The van der Waals surface area contributed by atoms with Gasteiger partial charge < -0.3 is 10.6 Å². The topological polar surface area (TPSA) is 55.0 Å². The molecule has 2 rings (SSSR count). The molecule has 2 N–H and O–H groups in total. The fraction of sp³-hybridized carbons (Fsp3) is 0.667. The predicted octanol–water partition coefficient (Wildman–Crippen LogP) is 1.66. The molecule has 5 heteroatoms. The maximum absolute atomic E-state index is 5.54. The Labute approximate surface area is 107 Å². The highest BCUT2D eigenvalue weighted by molar-refractivity contribution is 8.00. The number of rotatable bonds is 2. The normalized spacial score (nSPS) is 20.1. The van der Waals surface area contributed by atoms with Gasteiger partial charge in [0, 0.05) is 48.1 Å². The van der Waals surface area contributed by atoms with E-state index in [0.29, 0.717) is 11.3 Å². The van der Waals surface area contributed by atoms with Crippen LogP contribution in [-0.4, -0.2) is 33.6 Å². The Kier molecular flexibility index (Phi) is 3.89. The van der Waals surface area contributed by atoms with Crippen molar-refractivity contribution in [2.75, 3.05) is 23.7 Å². The smallest absolute Gasteiger partial charge is 0.225 e. The van der Waals surface area contributed by atoms with Crippen molar-refractivity contribution < 1.29 is 0 Å². The standard InChI is InChI=1S/C12H20N4S/c1-12(2)3-4-16(5-6-17-12)11-14-8-10(7-13)9-15-11/h8-9H,3-7,13H2,1-2H3. The maximum atomic E-state index is 5.54. The molecule has 1 aromatic rings. The van der Waals surface area contributed by atoms with E-state index in [-0.39, 0.29) is 0 Å². The third-order valence-electron chi connectivity index (χ3n) is 3.05. The van der Waals surface area contributed by atoms with Gasteiger partial charge in [0.05, 0.1) is 0 Å². The molecule has 0 unspecified atom stereocenters. The highest BCUT2D eigenvalue weighted by Crippen LogP contribution is 2.31. The first-order valence-corrected chi connectivity index (χ1v) is 6.99. The molecular formula is C12H20N4S. The van der Waals surface area contributed by atoms with E-state index >= 15 is 0 Å². The largest absolute Gasteiger partial charge is 0.340 e. The monoisotopic (exact) mass is 252 g/mol. The van der Waals surface area contributed by atoms with Gasteiger partial charge in [-0.3, -0.25) is 0 Å². The lowest BCUT2D eigenvalue weighted by Crippen LogP contribution is -2.28. The second-order valence-electron chi connectivity index (χ2n) is 4.94. The number of aromatic nitrogens is 2. The summed E-state index contributed by atoms with van der Waals surface area (Å²) in [7, 11) is 0. The number of anilines is 1. The van der Waals surface area contributed by atoms with E-state index in [1.807, 2.05) is 24.2 Å². The van der Waals surface area contributed by atoms with Crippen LogP contribution in [0, 0.1) is 0 Å². The minimum absolute atomic E-state index is 0.367. The van der Waals surface area contributed by atoms with Crippen molar-refractivity contribution in [1.29, 1.82) is 0 Å². The molecule has 1 fully saturated rings. The zero-order chi connectivity index (χ0) is 12.3. The Balaban J connectivity index is 2.06. The van der Waals surface area contributed by atoms with Crippen molar-refractivity contribution in [3.8, 4) is 0 Å². The van der Waals surface area contributed by atoms with Gasteiger partial charge in [-0.25, -0.2) is 9.97 Å². The van der Waals surface area contributed by atoms with E-state index in [1.54, 1.807) is 0 Å². The second kappa shape index (κ2) is 5.23. The molecule has 4 nitrogen and oxygen atoms in total. The van der Waals surface area contributed by atoms with Crippen LogP contribution in [0.5, 0.6) is 0 Å². The summed E-state index contributed by atoms with van der Waals surface area (Å²) < 4.78 is 0.367. The van der Waals surface area contributed by atoms with Crippen molar-refractivity contribution in [2.24, 2.45) is 5.73 Å². The Morgan fingerprint density at radius 3 is 2.71 bits per heavy atom. The fourth-order valence-electron chi connectivity index (χ4n) is 1.84. The molecule has 1 aromatic heterocycles. The Morgan fingerprint density at radius 2 is 2.06 bits per heavy atom. The minimum Gasteiger partial charge on any atom is -0.340 e. The van der Waals surface area contributed by atoms with Gasteiger partial charge in [0.15, 0.2) is 0 Å². The number of hydrogen-bond donors (Lipinski definition) is 1. The summed E-state index contributed by atoms with van der Waals surface area (Å²) in [5.74, 6) is 1.97. The van der Waals surface area contributed by atoms with Gasteiger partial charge in [-0.15, -0.1) is 0 Å². The molecule has 0 spiro atoms. The Hall–Kier alpha value is -0.810. The highest BCUT2D eigenvalue weighted by atomic mass is 32.2. The number of nitrogens with two attached hydrogens (primary N) is 1. The first-order valence-electron chi connectivity index (χ1n) is 6.01. The average Bonchev–Trinajstić information content (AvgIpc) is 2.50. The van der Waals surface area contributed by atoms with Gasteiger partial charge in [-0.05, 0) is 6.42 Å². The van der Waals surface area contributed by atoms with Crippen molar-refractivity contribution >= 4 is 17.7 Å². The predicted molar refractivity (Wildman–Crippen MR) is 73.3 cm³/mol. The molecule has 1 aliphatic heterocycles. The molecule has 0 bridgehead atoms. The molecule has 2 heterocycles. The van der Waals surface area contributed by atoms with Gasteiger partial charge >= 0.3 is 0 Å². The van der Waals surface area contributed by atoms with Gasteiger partial charge in [0.25, 0.3) is 0 Å². The maximum Gasteiger partial charge on any atom is 0.225 e. The summed E-state index contributed by atoms with van der Waals surface area (Å²) in [6.45, 7) is 7.17. The van der Waals surface area contributed by atoms with E-state index in [9.17, 15) is 0 Å². The van der Waals surface area contributed by atoms with Crippen LogP contribution in [0.3, 0.4) is 0 Å². The summed E-state index contributed by atoms with van der Waals surface area (Å²) in [4.78, 5) is 11.0. The van der Waals surface area contributed by atoms with Crippen molar-refractivity contribution in [3.63, 3.8) is 0 Å². The van der Waals surface area contributed by atoms with E-state index in [0.717, 1.165) is 30.4 Å². The van der Waals surface area contributed by atoms with Crippen LogP contribution < -0.4 is 10.6 Å². The lowest BCUT2D eigenvalue weighted by molar-refractivity contribution is 0.631. The molecule has 0 amide bonds. The van der Waals surface area contributed by atoms with Crippen molar-refractivity contribution in [1.82, 2.24) is 9.97 Å². The lowest BCUT2D eigenvalue weighted by Gasteiger charge is -2.22. The van der Waals surface area contributed by atoms with Gasteiger partial charge in [0.1, 0.15) is 0 Å². The molecule has 1 aliphatic rings. The molecule has 0 radical (unpaired) electrons. The molecule has 0 atom stereocenters. The molecule has 1 saturated heterocycles. The minimum atomic E-state index is 0.367. The zero-order valence-corrected chi connectivity index (χ0v) is 11.3. The van der Waals surface area contributed by atoms with E-state index < -0.39 is 0 Å². The third kappa shape index (κ3) is 3.33. The van der Waals surface area contributed by atoms with Crippen LogP contribution in [0.25, 0.3) is 0 Å². The summed E-state index contributed by atoms with van der Waals surface area (Å²) >= 11 is 2.03. The first kappa shape index (κ1) is 12.6. The van der Waals surface area contributed by atoms with Crippen LogP contribution in [0.4, 0.5) is 5.95 Å². The SMILES string of the molecule is CC1(C)CCN(c2ncc(CN)cn2)CCS1. The Bertz CT molecular complexity index is 363. The van der Waals surface area contributed by atoms with Crippen LogP contribution in [0.1, 0.15) is 25.8 Å². The van der Waals surface area contributed by atoms with Crippen molar-refractivity contribution in [3.05, 3.63) is 18.0 Å². The Morgan fingerprint density at radius 1 is 1.35 bits per heavy atom. The highest BCUT2D eigenvalue weighted by Gasteiger charge is 2.24. The fourth-order valence-corrected chi connectivity index (χ4v) is 2.94. The van der Waals surface area contributed by atoms with Gasteiger partial charge in [0.2, 0.25) is 5.95 Å². The van der Waals surface area contributed by atoms with E-state index in [4.69, 9.17) is 5.73 Å².